The largest absolute Gasteiger partial charge is 0.444 e. The number of carbonyl (C=O) groups is 1. The van der Waals surface area contributed by atoms with Gasteiger partial charge in [-0.15, -0.1) is 0 Å². The Bertz CT molecular complexity index is 359. The van der Waals surface area contributed by atoms with E-state index in [0.717, 1.165) is 0 Å². The molecule has 5 heteroatoms. The normalized spacial score (nSPS) is 28.7. The summed E-state index contributed by atoms with van der Waals surface area (Å²) in [5.41, 5.74) is -1.67. The van der Waals surface area contributed by atoms with Gasteiger partial charge in [0.15, 0.2) is 0 Å². The number of hydrogen-bond donors (Lipinski definition) is 0. The van der Waals surface area contributed by atoms with E-state index in [2.05, 4.69) is 0 Å². The molecule has 0 aromatic rings. The molecule has 102 valence electrons. The number of hydrogen-bond acceptors (Lipinski definition) is 3. The van der Waals surface area contributed by atoms with Crippen LogP contribution in [-0.4, -0.2) is 35.9 Å². The van der Waals surface area contributed by atoms with E-state index < -0.39 is 23.3 Å². The SMILES string of the molecule is CCC1(C#N)CN(C(=O)OC(C)(C)C)CCC1F. The lowest BCUT2D eigenvalue weighted by Crippen LogP contribution is -2.52. The van der Waals surface area contributed by atoms with Crippen molar-refractivity contribution in [3.05, 3.63) is 0 Å². The summed E-state index contributed by atoms with van der Waals surface area (Å²) in [4.78, 5) is 13.4. The van der Waals surface area contributed by atoms with Gasteiger partial charge in [-0.3, -0.25) is 0 Å². The lowest BCUT2D eigenvalue weighted by Gasteiger charge is -2.40. The maximum Gasteiger partial charge on any atom is 0.410 e. The predicted octanol–water partition coefficient (Wildman–Crippen LogP) is 2.89. The van der Waals surface area contributed by atoms with Crippen LogP contribution in [0.4, 0.5) is 9.18 Å². The highest BCUT2D eigenvalue weighted by Gasteiger charge is 2.45. The second kappa shape index (κ2) is 5.13. The van der Waals surface area contributed by atoms with Gasteiger partial charge < -0.3 is 9.64 Å². The standard InChI is InChI=1S/C13H21FN2O2/c1-5-13(8-15)9-16(7-6-10(13)14)11(17)18-12(2,3)4/h10H,5-7,9H2,1-4H3. The molecule has 0 aromatic carbocycles. The number of carbonyl (C=O) groups excluding carboxylic acids is 1. The number of amides is 1. The lowest BCUT2D eigenvalue weighted by atomic mass is 9.77. The van der Waals surface area contributed by atoms with Crippen LogP contribution in [0.25, 0.3) is 0 Å². The maximum absolute atomic E-state index is 13.9. The van der Waals surface area contributed by atoms with Crippen LogP contribution in [0.2, 0.25) is 0 Å². The van der Waals surface area contributed by atoms with Crippen molar-refractivity contribution in [2.24, 2.45) is 5.41 Å². The number of nitriles is 1. The molecular formula is C13H21FN2O2. The Morgan fingerprint density at radius 3 is 2.67 bits per heavy atom. The molecule has 1 amide bonds. The van der Waals surface area contributed by atoms with Gasteiger partial charge in [0.2, 0.25) is 0 Å². The molecule has 1 aliphatic rings. The molecule has 0 aromatic heterocycles. The highest BCUT2D eigenvalue weighted by molar-refractivity contribution is 5.68. The van der Waals surface area contributed by atoms with Crippen LogP contribution in [0.1, 0.15) is 40.5 Å². The summed E-state index contributed by atoms with van der Waals surface area (Å²) < 4.78 is 19.1. The second-order valence-electron chi connectivity index (χ2n) is 5.78. The molecular weight excluding hydrogens is 235 g/mol. The molecule has 0 radical (unpaired) electrons. The molecule has 1 rings (SSSR count). The van der Waals surface area contributed by atoms with Crippen molar-refractivity contribution in [2.45, 2.75) is 52.3 Å². The van der Waals surface area contributed by atoms with Crippen LogP contribution in [0.3, 0.4) is 0 Å². The third-order valence-electron chi connectivity index (χ3n) is 3.23. The van der Waals surface area contributed by atoms with Crippen molar-refractivity contribution >= 4 is 6.09 Å². The lowest BCUT2D eigenvalue weighted by molar-refractivity contribution is -0.00686. The third-order valence-corrected chi connectivity index (χ3v) is 3.23. The van der Waals surface area contributed by atoms with E-state index in [1.807, 2.05) is 6.07 Å². The van der Waals surface area contributed by atoms with E-state index in [1.54, 1.807) is 27.7 Å². The number of ether oxygens (including phenoxy) is 1. The van der Waals surface area contributed by atoms with Crippen molar-refractivity contribution in [1.29, 1.82) is 5.26 Å². The van der Waals surface area contributed by atoms with Gasteiger partial charge in [-0.05, 0) is 33.6 Å². The fourth-order valence-corrected chi connectivity index (χ4v) is 2.06. The number of alkyl halides is 1. The summed E-state index contributed by atoms with van der Waals surface area (Å²) in [6, 6.07) is 2.04. The maximum atomic E-state index is 13.9. The average Bonchev–Trinajstić information content (AvgIpc) is 2.28. The highest BCUT2D eigenvalue weighted by Crippen LogP contribution is 2.35. The smallest absolute Gasteiger partial charge is 0.410 e. The summed E-state index contributed by atoms with van der Waals surface area (Å²) in [6.07, 6.45) is -1.06. The summed E-state index contributed by atoms with van der Waals surface area (Å²) in [6.45, 7) is 7.53. The van der Waals surface area contributed by atoms with Gasteiger partial charge in [-0.25, -0.2) is 9.18 Å². The molecule has 18 heavy (non-hydrogen) atoms. The van der Waals surface area contributed by atoms with Crippen molar-refractivity contribution in [2.75, 3.05) is 13.1 Å². The minimum atomic E-state index is -1.17. The Balaban J connectivity index is 2.77. The van der Waals surface area contributed by atoms with E-state index in [4.69, 9.17) is 4.74 Å². The van der Waals surface area contributed by atoms with E-state index in [1.165, 1.54) is 4.90 Å². The van der Waals surface area contributed by atoms with E-state index in [0.29, 0.717) is 13.0 Å². The minimum absolute atomic E-state index is 0.107. The number of halogens is 1. The first-order valence-corrected chi connectivity index (χ1v) is 6.27. The summed E-state index contributed by atoms with van der Waals surface area (Å²) in [5, 5.41) is 9.18. The number of piperidine rings is 1. The van der Waals surface area contributed by atoms with Gasteiger partial charge in [0.05, 0.1) is 6.07 Å². The predicted molar refractivity (Wildman–Crippen MR) is 65.7 cm³/mol. The Morgan fingerprint density at radius 2 is 2.22 bits per heavy atom. The highest BCUT2D eigenvalue weighted by atomic mass is 19.1. The molecule has 2 unspecified atom stereocenters. The van der Waals surface area contributed by atoms with Gasteiger partial charge in [-0.2, -0.15) is 5.26 Å². The van der Waals surface area contributed by atoms with E-state index in [-0.39, 0.29) is 13.0 Å². The second-order valence-corrected chi connectivity index (χ2v) is 5.78. The molecule has 0 saturated carbocycles. The van der Waals surface area contributed by atoms with Gasteiger partial charge in [0, 0.05) is 13.1 Å². The van der Waals surface area contributed by atoms with Gasteiger partial charge >= 0.3 is 6.09 Å². The Morgan fingerprint density at radius 1 is 1.61 bits per heavy atom. The zero-order valence-corrected chi connectivity index (χ0v) is 11.5. The van der Waals surface area contributed by atoms with Crippen molar-refractivity contribution in [3.8, 4) is 6.07 Å². The topological polar surface area (TPSA) is 53.3 Å². The first kappa shape index (κ1) is 14.7. The fourth-order valence-electron chi connectivity index (χ4n) is 2.06. The number of rotatable bonds is 1. The molecule has 0 aliphatic carbocycles. The van der Waals surface area contributed by atoms with Crippen LogP contribution < -0.4 is 0 Å². The fraction of sp³-hybridized carbons (Fsp3) is 0.846. The van der Waals surface area contributed by atoms with Gasteiger partial charge in [-0.1, -0.05) is 6.92 Å². The van der Waals surface area contributed by atoms with Gasteiger partial charge in [0.25, 0.3) is 0 Å². The van der Waals surface area contributed by atoms with E-state index in [9.17, 15) is 14.4 Å². The summed E-state index contributed by atoms with van der Waals surface area (Å²) in [5.74, 6) is 0. The number of likely N-dealkylation sites (tertiary alicyclic amines) is 1. The van der Waals surface area contributed by atoms with Crippen LogP contribution in [0.15, 0.2) is 0 Å². The molecule has 0 bridgehead atoms. The quantitative estimate of drug-likeness (QED) is 0.725. The average molecular weight is 256 g/mol. The first-order valence-electron chi connectivity index (χ1n) is 6.27. The Hall–Kier alpha value is -1.31. The molecule has 1 aliphatic heterocycles. The Kier molecular flexibility index (Phi) is 4.20. The molecule has 2 atom stereocenters. The Labute approximate surface area is 108 Å². The number of nitrogens with zero attached hydrogens (tertiary/aromatic N) is 2. The minimum Gasteiger partial charge on any atom is -0.444 e. The molecule has 1 saturated heterocycles. The van der Waals surface area contributed by atoms with Crippen molar-refractivity contribution in [1.82, 2.24) is 4.90 Å². The van der Waals surface area contributed by atoms with Gasteiger partial charge in [0.1, 0.15) is 17.2 Å². The summed E-state index contributed by atoms with van der Waals surface area (Å²) >= 11 is 0. The molecule has 4 nitrogen and oxygen atoms in total. The van der Waals surface area contributed by atoms with Crippen LogP contribution >= 0.6 is 0 Å². The molecule has 0 N–H and O–H groups in total. The monoisotopic (exact) mass is 256 g/mol. The molecule has 1 fully saturated rings. The zero-order chi connectivity index (χ0) is 14.0. The van der Waals surface area contributed by atoms with Crippen molar-refractivity contribution < 1.29 is 13.9 Å². The summed E-state index contributed by atoms with van der Waals surface area (Å²) in [7, 11) is 0. The zero-order valence-electron chi connectivity index (χ0n) is 11.5. The van der Waals surface area contributed by atoms with Crippen LogP contribution in [0, 0.1) is 16.7 Å². The first-order chi connectivity index (χ1) is 8.24. The van der Waals surface area contributed by atoms with Crippen molar-refractivity contribution in [3.63, 3.8) is 0 Å². The van der Waals surface area contributed by atoms with E-state index >= 15 is 0 Å². The molecule has 0 spiro atoms. The van der Waals surface area contributed by atoms with Crippen LogP contribution in [-0.2, 0) is 4.74 Å². The third kappa shape index (κ3) is 3.12. The van der Waals surface area contributed by atoms with Crippen LogP contribution in [0.5, 0.6) is 0 Å². The molecule has 1 heterocycles.